The Balaban J connectivity index is 2.07. The highest BCUT2D eigenvalue weighted by Crippen LogP contribution is 2.19. The number of aliphatic hydroxyl groups is 1. The van der Waals surface area contributed by atoms with Gasteiger partial charge in [0.2, 0.25) is 0 Å². The normalized spacial score (nSPS) is 11.8. The number of methoxy groups -OCH3 is 1. The maximum absolute atomic E-state index is 11.9. The van der Waals surface area contributed by atoms with Gasteiger partial charge in [0.1, 0.15) is 11.5 Å². The third-order valence-electron chi connectivity index (χ3n) is 2.90. The minimum atomic E-state index is -0.554. The smallest absolute Gasteiger partial charge is 0.343 e. The molecule has 0 saturated carbocycles. The maximum Gasteiger partial charge on any atom is 0.343 e. The first kappa shape index (κ1) is 14.1. The molecule has 4 heteroatoms. The average Bonchev–Trinajstić information content (AvgIpc) is 2.48. The van der Waals surface area contributed by atoms with Crippen LogP contribution in [0.1, 0.15) is 28.9 Å². The fourth-order valence-corrected chi connectivity index (χ4v) is 1.71. The van der Waals surface area contributed by atoms with Crippen LogP contribution < -0.4 is 9.47 Å². The van der Waals surface area contributed by atoms with Crippen LogP contribution in [0.25, 0.3) is 0 Å². The molecule has 1 atom stereocenters. The van der Waals surface area contributed by atoms with Crippen LogP contribution in [-0.2, 0) is 0 Å². The number of rotatable bonds is 4. The lowest BCUT2D eigenvalue weighted by atomic mass is 10.1. The van der Waals surface area contributed by atoms with E-state index in [2.05, 4.69) is 0 Å². The van der Waals surface area contributed by atoms with Gasteiger partial charge in [-0.3, -0.25) is 0 Å². The first-order valence-electron chi connectivity index (χ1n) is 6.24. The zero-order chi connectivity index (χ0) is 14.5. The summed E-state index contributed by atoms with van der Waals surface area (Å²) in [7, 11) is 1.57. The van der Waals surface area contributed by atoms with E-state index >= 15 is 0 Å². The van der Waals surface area contributed by atoms with E-state index in [0.29, 0.717) is 17.1 Å². The zero-order valence-electron chi connectivity index (χ0n) is 11.4. The lowest BCUT2D eigenvalue weighted by molar-refractivity contribution is 0.0734. The van der Waals surface area contributed by atoms with E-state index in [1.807, 2.05) is 0 Å². The Morgan fingerprint density at radius 1 is 1.00 bits per heavy atom. The van der Waals surface area contributed by atoms with Crippen molar-refractivity contribution in [2.75, 3.05) is 7.11 Å². The van der Waals surface area contributed by atoms with Gasteiger partial charge in [0, 0.05) is 0 Å². The largest absolute Gasteiger partial charge is 0.497 e. The molecule has 0 aliphatic carbocycles. The van der Waals surface area contributed by atoms with Crippen molar-refractivity contribution in [2.24, 2.45) is 0 Å². The molecule has 0 aliphatic rings. The summed E-state index contributed by atoms with van der Waals surface area (Å²) in [6.45, 7) is 1.67. The number of aliphatic hydroxyl groups excluding tert-OH is 1. The highest BCUT2D eigenvalue weighted by molar-refractivity contribution is 5.91. The second-order valence-corrected chi connectivity index (χ2v) is 4.36. The third-order valence-corrected chi connectivity index (χ3v) is 2.90. The Bertz CT molecular complexity index is 570. The van der Waals surface area contributed by atoms with E-state index in [1.165, 1.54) is 0 Å². The molecule has 2 aromatic rings. The van der Waals surface area contributed by atoms with Gasteiger partial charge in [0.15, 0.2) is 0 Å². The fraction of sp³-hybridized carbons (Fsp3) is 0.188. The molecule has 0 spiro atoms. The molecule has 0 aliphatic heterocycles. The van der Waals surface area contributed by atoms with Crippen LogP contribution in [0, 0.1) is 0 Å². The first-order valence-corrected chi connectivity index (χ1v) is 6.24. The van der Waals surface area contributed by atoms with E-state index in [4.69, 9.17) is 9.47 Å². The van der Waals surface area contributed by atoms with Crippen molar-refractivity contribution < 1.29 is 19.4 Å². The van der Waals surface area contributed by atoms with Crippen LogP contribution in [0.2, 0.25) is 0 Å². The van der Waals surface area contributed by atoms with Gasteiger partial charge >= 0.3 is 5.97 Å². The van der Waals surface area contributed by atoms with Gasteiger partial charge < -0.3 is 14.6 Å². The molecule has 0 radical (unpaired) electrons. The van der Waals surface area contributed by atoms with Crippen molar-refractivity contribution in [1.29, 1.82) is 0 Å². The summed E-state index contributed by atoms with van der Waals surface area (Å²) in [5.74, 6) is 0.716. The Morgan fingerprint density at radius 2 is 1.55 bits per heavy atom. The number of hydrogen-bond acceptors (Lipinski definition) is 4. The highest BCUT2D eigenvalue weighted by Gasteiger charge is 2.09. The Hall–Kier alpha value is -2.33. The van der Waals surface area contributed by atoms with E-state index in [-0.39, 0.29) is 0 Å². The molecule has 1 unspecified atom stereocenters. The molecule has 0 fully saturated rings. The van der Waals surface area contributed by atoms with E-state index in [0.717, 1.165) is 5.56 Å². The van der Waals surface area contributed by atoms with Crippen LogP contribution in [0.4, 0.5) is 0 Å². The molecule has 1 N–H and O–H groups in total. The molecule has 0 amide bonds. The van der Waals surface area contributed by atoms with E-state index in [1.54, 1.807) is 62.6 Å². The predicted octanol–water partition coefficient (Wildman–Crippen LogP) is 2.97. The number of carbonyl (C=O) groups is 1. The lowest BCUT2D eigenvalue weighted by Gasteiger charge is -2.07. The van der Waals surface area contributed by atoms with Crippen LogP contribution in [0.15, 0.2) is 48.5 Å². The van der Waals surface area contributed by atoms with Gasteiger partial charge in [-0.25, -0.2) is 4.79 Å². The summed E-state index contributed by atoms with van der Waals surface area (Å²) in [6.07, 6.45) is -0.554. The SMILES string of the molecule is COc1ccc(OC(=O)c2ccc(C(C)O)cc2)cc1. The van der Waals surface area contributed by atoms with Gasteiger partial charge in [-0.15, -0.1) is 0 Å². The number of ether oxygens (including phenoxy) is 2. The monoisotopic (exact) mass is 272 g/mol. The van der Waals surface area contributed by atoms with Gasteiger partial charge in [0.25, 0.3) is 0 Å². The van der Waals surface area contributed by atoms with Crippen molar-refractivity contribution in [3.63, 3.8) is 0 Å². The highest BCUT2D eigenvalue weighted by atomic mass is 16.5. The van der Waals surface area contributed by atoms with Crippen LogP contribution >= 0.6 is 0 Å². The minimum absolute atomic E-state index is 0.435. The van der Waals surface area contributed by atoms with Gasteiger partial charge in [-0.05, 0) is 48.9 Å². The summed E-state index contributed by atoms with van der Waals surface area (Å²) in [4.78, 5) is 11.9. The Labute approximate surface area is 117 Å². The van der Waals surface area contributed by atoms with Crippen molar-refractivity contribution in [1.82, 2.24) is 0 Å². The van der Waals surface area contributed by atoms with Crippen molar-refractivity contribution in [3.8, 4) is 11.5 Å². The Morgan fingerprint density at radius 3 is 2.05 bits per heavy atom. The summed E-state index contributed by atoms with van der Waals surface area (Å²) in [5.41, 5.74) is 1.19. The zero-order valence-corrected chi connectivity index (χ0v) is 11.4. The summed E-state index contributed by atoms with van der Waals surface area (Å²) >= 11 is 0. The second-order valence-electron chi connectivity index (χ2n) is 4.36. The fourth-order valence-electron chi connectivity index (χ4n) is 1.71. The van der Waals surface area contributed by atoms with E-state index in [9.17, 15) is 9.90 Å². The van der Waals surface area contributed by atoms with Crippen molar-refractivity contribution in [2.45, 2.75) is 13.0 Å². The number of esters is 1. The summed E-state index contributed by atoms with van der Waals surface area (Å²) in [5, 5.41) is 9.41. The average molecular weight is 272 g/mol. The van der Waals surface area contributed by atoms with E-state index < -0.39 is 12.1 Å². The van der Waals surface area contributed by atoms with Crippen LogP contribution in [0.5, 0.6) is 11.5 Å². The quantitative estimate of drug-likeness (QED) is 0.686. The summed E-state index contributed by atoms with van der Waals surface area (Å²) in [6, 6.07) is 13.5. The second kappa shape index (κ2) is 6.21. The number of hydrogen-bond donors (Lipinski definition) is 1. The number of carbonyl (C=O) groups excluding carboxylic acids is 1. The topological polar surface area (TPSA) is 55.8 Å². The first-order chi connectivity index (χ1) is 9.60. The molecular weight excluding hydrogens is 256 g/mol. The molecule has 0 aromatic heterocycles. The molecule has 4 nitrogen and oxygen atoms in total. The molecule has 0 heterocycles. The number of benzene rings is 2. The third kappa shape index (κ3) is 3.36. The van der Waals surface area contributed by atoms with Crippen LogP contribution in [-0.4, -0.2) is 18.2 Å². The lowest BCUT2D eigenvalue weighted by Crippen LogP contribution is -2.08. The predicted molar refractivity (Wildman–Crippen MR) is 75.0 cm³/mol. The van der Waals surface area contributed by atoms with Crippen molar-refractivity contribution in [3.05, 3.63) is 59.7 Å². The molecule has 2 rings (SSSR count). The standard InChI is InChI=1S/C16H16O4/c1-11(17)12-3-5-13(6-4-12)16(18)20-15-9-7-14(19-2)8-10-15/h3-11,17H,1-2H3. The van der Waals surface area contributed by atoms with Gasteiger partial charge in [-0.2, -0.15) is 0 Å². The van der Waals surface area contributed by atoms with Crippen molar-refractivity contribution >= 4 is 5.97 Å². The summed E-state index contributed by atoms with van der Waals surface area (Å²) < 4.78 is 10.3. The van der Waals surface area contributed by atoms with Gasteiger partial charge in [-0.1, -0.05) is 12.1 Å². The molecule has 20 heavy (non-hydrogen) atoms. The molecule has 0 bridgehead atoms. The van der Waals surface area contributed by atoms with Crippen LogP contribution in [0.3, 0.4) is 0 Å². The minimum Gasteiger partial charge on any atom is -0.497 e. The molecule has 104 valence electrons. The Kier molecular flexibility index (Phi) is 4.38. The maximum atomic E-state index is 11.9. The molecule has 0 saturated heterocycles. The van der Waals surface area contributed by atoms with Gasteiger partial charge in [0.05, 0.1) is 18.8 Å². The molecule has 2 aromatic carbocycles. The molecular formula is C16H16O4.